The molecule has 1 aromatic carbocycles. The minimum absolute atomic E-state index is 0.230. The topological polar surface area (TPSA) is 52.6 Å². The molecule has 2 N–H and O–H groups in total. The second-order valence-corrected chi connectivity index (χ2v) is 4.30. The fourth-order valence-electron chi connectivity index (χ4n) is 2.09. The van der Waals surface area contributed by atoms with E-state index in [2.05, 4.69) is 24.1 Å². The molecule has 0 spiro atoms. The van der Waals surface area contributed by atoms with Gasteiger partial charge in [0.2, 0.25) is 5.91 Å². The van der Waals surface area contributed by atoms with Gasteiger partial charge in [-0.15, -0.1) is 0 Å². The summed E-state index contributed by atoms with van der Waals surface area (Å²) in [6.45, 7) is 2.02. The van der Waals surface area contributed by atoms with Crippen LogP contribution in [0.3, 0.4) is 0 Å². The Hall–Kier alpha value is -1.39. The fourth-order valence-corrected chi connectivity index (χ4v) is 2.09. The maximum absolute atomic E-state index is 11.0. The summed E-state index contributed by atoms with van der Waals surface area (Å²) >= 11 is 0. The highest BCUT2D eigenvalue weighted by Gasteiger charge is 2.13. The van der Waals surface area contributed by atoms with Crippen LogP contribution in [-0.4, -0.2) is 29.6 Å². The maximum atomic E-state index is 11.0. The molecule has 2 rings (SSSR count). The Labute approximate surface area is 94.8 Å². The predicted molar refractivity (Wildman–Crippen MR) is 60.1 cm³/mol. The molecule has 1 aliphatic rings. The second-order valence-electron chi connectivity index (χ2n) is 4.30. The first-order valence-electron chi connectivity index (χ1n) is 5.41. The van der Waals surface area contributed by atoms with E-state index in [9.17, 15) is 4.79 Å². The third-order valence-electron chi connectivity index (χ3n) is 2.96. The van der Waals surface area contributed by atoms with Crippen LogP contribution in [0.25, 0.3) is 0 Å². The van der Waals surface area contributed by atoms with Crippen LogP contribution in [-0.2, 0) is 24.2 Å². The number of nitrogens with one attached hydrogen (secondary N) is 1. The molecule has 4 heteroatoms. The fraction of sp³-hybridized carbons (Fsp3) is 0.417. The van der Waals surface area contributed by atoms with E-state index in [0.717, 1.165) is 25.1 Å². The predicted octanol–water partition coefficient (Wildman–Crippen LogP) is 0.722. The first-order valence-corrected chi connectivity index (χ1v) is 5.41. The highest BCUT2D eigenvalue weighted by molar-refractivity contribution is 5.77. The lowest BCUT2D eigenvalue weighted by Crippen LogP contribution is -2.27. The average molecular weight is 220 g/mol. The van der Waals surface area contributed by atoms with Crippen LogP contribution in [0.2, 0.25) is 0 Å². The summed E-state index contributed by atoms with van der Waals surface area (Å²) in [5.74, 6) is -0.371. The van der Waals surface area contributed by atoms with Gasteiger partial charge in [0.1, 0.15) is 0 Å². The highest BCUT2D eigenvalue weighted by atomic mass is 16.5. The quantitative estimate of drug-likeness (QED) is 0.570. The number of carbonyl (C=O) groups is 1. The first-order chi connectivity index (χ1) is 7.69. The number of nitrogens with zero attached hydrogens (tertiary/aromatic N) is 1. The molecule has 1 aromatic rings. The number of rotatable bonds is 2. The Kier molecular flexibility index (Phi) is 3.22. The average Bonchev–Trinajstić information content (AvgIpc) is 2.28. The lowest BCUT2D eigenvalue weighted by molar-refractivity contribution is -0.128. The van der Waals surface area contributed by atoms with Crippen LogP contribution in [0.5, 0.6) is 0 Å². The van der Waals surface area contributed by atoms with Crippen molar-refractivity contribution in [1.29, 1.82) is 0 Å². The van der Waals surface area contributed by atoms with Crippen LogP contribution in [0.4, 0.5) is 0 Å². The van der Waals surface area contributed by atoms with Gasteiger partial charge in [0.15, 0.2) is 0 Å². The van der Waals surface area contributed by atoms with Crippen LogP contribution in [0, 0.1) is 0 Å². The summed E-state index contributed by atoms with van der Waals surface area (Å²) in [6, 6.07) is 6.10. The van der Waals surface area contributed by atoms with Gasteiger partial charge in [-0.05, 0) is 30.2 Å². The largest absolute Gasteiger partial charge is 0.302 e. The normalized spacial score (nSPS) is 15.6. The highest BCUT2D eigenvalue weighted by Crippen LogP contribution is 2.19. The summed E-state index contributed by atoms with van der Waals surface area (Å²) in [6.07, 6.45) is 1.30. The van der Waals surface area contributed by atoms with Gasteiger partial charge >= 0.3 is 0 Å². The Morgan fingerprint density at radius 1 is 1.50 bits per heavy atom. The number of fused-ring (bicyclic) bond motifs is 1. The standard InChI is InChI=1S/C12H16N2O2/c1-14-5-4-10-3-2-9(6-11(10)8-14)7-12(15)13-16/h2-3,6,16H,4-5,7-8H2,1H3,(H,13,15). The van der Waals surface area contributed by atoms with Crippen molar-refractivity contribution < 1.29 is 10.0 Å². The van der Waals surface area contributed by atoms with Gasteiger partial charge in [-0.25, -0.2) is 5.48 Å². The van der Waals surface area contributed by atoms with E-state index in [4.69, 9.17) is 5.21 Å². The van der Waals surface area contributed by atoms with Gasteiger partial charge in [0.25, 0.3) is 0 Å². The number of hydrogen-bond acceptors (Lipinski definition) is 3. The van der Waals surface area contributed by atoms with Gasteiger partial charge < -0.3 is 4.90 Å². The smallest absolute Gasteiger partial charge is 0.247 e. The maximum Gasteiger partial charge on any atom is 0.247 e. The van der Waals surface area contributed by atoms with E-state index >= 15 is 0 Å². The minimum Gasteiger partial charge on any atom is -0.302 e. The van der Waals surface area contributed by atoms with Gasteiger partial charge in [0, 0.05) is 13.1 Å². The SMILES string of the molecule is CN1CCc2ccc(CC(=O)NO)cc2C1. The Morgan fingerprint density at radius 3 is 3.06 bits per heavy atom. The Balaban J connectivity index is 2.18. The molecule has 16 heavy (non-hydrogen) atoms. The first kappa shape index (κ1) is 11.1. The molecule has 0 saturated carbocycles. The zero-order chi connectivity index (χ0) is 11.5. The minimum atomic E-state index is -0.371. The summed E-state index contributed by atoms with van der Waals surface area (Å²) in [5.41, 5.74) is 5.25. The van der Waals surface area contributed by atoms with Gasteiger partial charge in [-0.1, -0.05) is 18.2 Å². The van der Waals surface area contributed by atoms with Gasteiger partial charge in [-0.2, -0.15) is 0 Å². The third kappa shape index (κ3) is 2.40. The summed E-state index contributed by atoms with van der Waals surface area (Å²) in [4.78, 5) is 13.3. The van der Waals surface area contributed by atoms with Crippen molar-refractivity contribution in [2.75, 3.05) is 13.6 Å². The lowest BCUT2D eigenvalue weighted by Gasteiger charge is -2.25. The van der Waals surface area contributed by atoms with E-state index in [-0.39, 0.29) is 12.3 Å². The van der Waals surface area contributed by atoms with Crippen molar-refractivity contribution in [3.05, 3.63) is 34.9 Å². The molecule has 1 aliphatic heterocycles. The van der Waals surface area contributed by atoms with Crippen molar-refractivity contribution in [3.63, 3.8) is 0 Å². The molecule has 0 fully saturated rings. The molecule has 0 atom stereocenters. The summed E-state index contributed by atoms with van der Waals surface area (Å²) in [7, 11) is 2.09. The molecule has 0 saturated heterocycles. The summed E-state index contributed by atoms with van der Waals surface area (Å²) < 4.78 is 0. The zero-order valence-electron chi connectivity index (χ0n) is 9.36. The van der Waals surface area contributed by atoms with Gasteiger partial charge in [-0.3, -0.25) is 10.0 Å². The number of amides is 1. The molecule has 0 aliphatic carbocycles. The Bertz CT molecular complexity index is 404. The van der Waals surface area contributed by atoms with Crippen LogP contribution in [0.15, 0.2) is 18.2 Å². The molecule has 4 nitrogen and oxygen atoms in total. The molecular weight excluding hydrogens is 204 g/mol. The molecule has 0 aromatic heterocycles. The van der Waals surface area contributed by atoms with Crippen LogP contribution < -0.4 is 5.48 Å². The van der Waals surface area contributed by atoms with E-state index in [1.54, 1.807) is 5.48 Å². The number of likely N-dealkylation sites (N-methyl/N-ethyl adjacent to an activating group) is 1. The molecule has 0 radical (unpaired) electrons. The molecule has 86 valence electrons. The van der Waals surface area contributed by atoms with Gasteiger partial charge in [0.05, 0.1) is 6.42 Å². The van der Waals surface area contributed by atoms with Crippen molar-refractivity contribution in [2.24, 2.45) is 0 Å². The van der Waals surface area contributed by atoms with Crippen molar-refractivity contribution >= 4 is 5.91 Å². The molecule has 1 heterocycles. The molecule has 0 unspecified atom stereocenters. The molecular formula is C12H16N2O2. The van der Waals surface area contributed by atoms with E-state index in [0.29, 0.717) is 0 Å². The van der Waals surface area contributed by atoms with E-state index in [1.807, 2.05) is 6.07 Å². The molecule has 1 amide bonds. The van der Waals surface area contributed by atoms with Crippen LogP contribution in [0.1, 0.15) is 16.7 Å². The van der Waals surface area contributed by atoms with Crippen molar-refractivity contribution in [1.82, 2.24) is 10.4 Å². The zero-order valence-corrected chi connectivity index (χ0v) is 9.36. The number of hydroxylamine groups is 1. The monoisotopic (exact) mass is 220 g/mol. The third-order valence-corrected chi connectivity index (χ3v) is 2.96. The van der Waals surface area contributed by atoms with Crippen molar-refractivity contribution in [2.45, 2.75) is 19.4 Å². The van der Waals surface area contributed by atoms with E-state index < -0.39 is 0 Å². The molecule has 0 bridgehead atoms. The van der Waals surface area contributed by atoms with Crippen LogP contribution >= 0.6 is 0 Å². The number of benzene rings is 1. The van der Waals surface area contributed by atoms with Crippen molar-refractivity contribution in [3.8, 4) is 0 Å². The second kappa shape index (κ2) is 4.63. The van der Waals surface area contributed by atoms with E-state index in [1.165, 1.54) is 11.1 Å². The Morgan fingerprint density at radius 2 is 2.31 bits per heavy atom. The number of carbonyl (C=O) groups excluding carboxylic acids is 1. The number of hydrogen-bond donors (Lipinski definition) is 2. The summed E-state index contributed by atoms with van der Waals surface area (Å²) in [5, 5.41) is 8.47. The lowest BCUT2D eigenvalue weighted by atomic mass is 9.96.